The van der Waals surface area contributed by atoms with Crippen LogP contribution in [0.2, 0.25) is 0 Å². The van der Waals surface area contributed by atoms with E-state index in [1.807, 2.05) is 19.3 Å². The van der Waals surface area contributed by atoms with Crippen LogP contribution >= 0.6 is 11.3 Å². The Labute approximate surface area is 110 Å². The number of aromatic nitrogens is 3. The van der Waals surface area contributed by atoms with Crippen molar-refractivity contribution >= 4 is 17.2 Å². The Bertz CT molecular complexity index is 544. The van der Waals surface area contributed by atoms with Gasteiger partial charge in [0, 0.05) is 19.2 Å². The van der Waals surface area contributed by atoms with Crippen LogP contribution in [0, 0.1) is 0 Å². The first-order chi connectivity index (χ1) is 8.56. The molecule has 0 radical (unpaired) electrons. The lowest BCUT2D eigenvalue weighted by atomic mass is 10.2. The smallest absolute Gasteiger partial charge is 0.263 e. The fourth-order valence-electron chi connectivity index (χ4n) is 1.47. The largest absolute Gasteiger partial charge is 0.346 e. The highest BCUT2D eigenvalue weighted by molar-refractivity contribution is 7.13. The monoisotopic (exact) mass is 264 g/mol. The summed E-state index contributed by atoms with van der Waals surface area (Å²) < 4.78 is 1.71. The third kappa shape index (κ3) is 2.95. The number of hydrogen-bond donors (Lipinski definition) is 1. The van der Waals surface area contributed by atoms with Crippen molar-refractivity contribution in [3.63, 3.8) is 0 Å². The molecule has 0 unspecified atom stereocenters. The second-order valence-electron chi connectivity index (χ2n) is 4.38. The Hall–Kier alpha value is -1.69. The molecule has 18 heavy (non-hydrogen) atoms. The number of aryl methyl sites for hydroxylation is 1. The van der Waals surface area contributed by atoms with Crippen molar-refractivity contribution in [2.45, 2.75) is 26.3 Å². The fourth-order valence-corrected chi connectivity index (χ4v) is 2.31. The van der Waals surface area contributed by atoms with Crippen molar-refractivity contribution in [3.05, 3.63) is 34.0 Å². The van der Waals surface area contributed by atoms with E-state index in [9.17, 15) is 4.79 Å². The second kappa shape index (κ2) is 5.30. The van der Waals surface area contributed by atoms with Gasteiger partial charge in [0.1, 0.15) is 4.88 Å². The first-order valence-electron chi connectivity index (χ1n) is 5.78. The predicted octanol–water partition coefficient (Wildman–Crippen LogP) is 1.93. The van der Waals surface area contributed by atoms with E-state index in [-0.39, 0.29) is 5.91 Å². The van der Waals surface area contributed by atoms with Crippen LogP contribution < -0.4 is 5.32 Å². The van der Waals surface area contributed by atoms with Crippen molar-refractivity contribution < 1.29 is 4.79 Å². The van der Waals surface area contributed by atoms with Crippen molar-refractivity contribution in [3.8, 4) is 0 Å². The Balaban J connectivity index is 1.95. The summed E-state index contributed by atoms with van der Waals surface area (Å²) in [4.78, 5) is 16.8. The van der Waals surface area contributed by atoms with Crippen LogP contribution in [0.3, 0.4) is 0 Å². The maximum absolute atomic E-state index is 11.9. The van der Waals surface area contributed by atoms with Crippen LogP contribution in [-0.2, 0) is 13.6 Å². The molecular weight excluding hydrogens is 248 g/mol. The van der Waals surface area contributed by atoms with E-state index < -0.39 is 0 Å². The number of amides is 1. The third-order valence-electron chi connectivity index (χ3n) is 2.44. The molecule has 2 heterocycles. The van der Waals surface area contributed by atoms with E-state index in [1.54, 1.807) is 10.9 Å². The summed E-state index contributed by atoms with van der Waals surface area (Å²) in [5.41, 5.74) is 0.847. The number of thiazole rings is 1. The van der Waals surface area contributed by atoms with Crippen LogP contribution in [0.1, 0.15) is 40.1 Å². The fraction of sp³-hybridized carbons (Fsp3) is 0.417. The van der Waals surface area contributed by atoms with Gasteiger partial charge in [0.2, 0.25) is 0 Å². The topological polar surface area (TPSA) is 59.8 Å². The summed E-state index contributed by atoms with van der Waals surface area (Å²) in [5.74, 6) is 0.261. The van der Waals surface area contributed by atoms with E-state index in [1.165, 1.54) is 11.3 Å². The highest BCUT2D eigenvalue weighted by Crippen LogP contribution is 2.20. The minimum atomic E-state index is -0.0925. The average Bonchev–Trinajstić information content (AvgIpc) is 2.94. The molecule has 2 aromatic rings. The molecule has 0 aliphatic carbocycles. The van der Waals surface area contributed by atoms with Gasteiger partial charge in [-0.2, -0.15) is 5.10 Å². The molecule has 0 fully saturated rings. The Morgan fingerprint density at radius 2 is 2.33 bits per heavy atom. The lowest BCUT2D eigenvalue weighted by molar-refractivity contribution is 0.0954. The van der Waals surface area contributed by atoms with Crippen molar-refractivity contribution in [1.29, 1.82) is 0 Å². The predicted molar refractivity (Wildman–Crippen MR) is 70.6 cm³/mol. The molecule has 0 aliphatic heterocycles. The lowest BCUT2D eigenvalue weighted by Crippen LogP contribution is -2.22. The Kier molecular flexibility index (Phi) is 3.76. The number of rotatable bonds is 4. The van der Waals surface area contributed by atoms with Gasteiger partial charge in [-0.3, -0.25) is 9.48 Å². The molecule has 0 aliphatic rings. The lowest BCUT2D eigenvalue weighted by Gasteiger charge is -2.00. The van der Waals surface area contributed by atoms with E-state index in [0.29, 0.717) is 17.3 Å². The van der Waals surface area contributed by atoms with Crippen LogP contribution in [0.15, 0.2) is 18.5 Å². The van der Waals surface area contributed by atoms with Gasteiger partial charge in [0.25, 0.3) is 5.91 Å². The quantitative estimate of drug-likeness (QED) is 0.918. The molecule has 0 bridgehead atoms. The first kappa shape index (κ1) is 12.8. The van der Waals surface area contributed by atoms with Crippen LogP contribution in [0.4, 0.5) is 0 Å². The van der Waals surface area contributed by atoms with Gasteiger partial charge in [-0.05, 0) is 6.07 Å². The highest BCUT2D eigenvalue weighted by Gasteiger charge is 2.12. The number of carbonyl (C=O) groups is 1. The zero-order chi connectivity index (χ0) is 13.1. The molecule has 0 saturated heterocycles. The summed E-state index contributed by atoms with van der Waals surface area (Å²) >= 11 is 1.44. The minimum Gasteiger partial charge on any atom is -0.346 e. The molecule has 0 atom stereocenters. The molecule has 0 spiro atoms. The van der Waals surface area contributed by atoms with E-state index in [0.717, 1.165) is 10.7 Å². The van der Waals surface area contributed by atoms with Gasteiger partial charge < -0.3 is 5.32 Å². The number of carbonyl (C=O) groups excluding carboxylic acids is 1. The SMILES string of the molecule is CC(C)c1ncc(C(=O)NCc2ccn(C)n2)s1. The van der Waals surface area contributed by atoms with E-state index >= 15 is 0 Å². The normalized spacial score (nSPS) is 10.9. The highest BCUT2D eigenvalue weighted by atomic mass is 32.1. The third-order valence-corrected chi connectivity index (χ3v) is 3.74. The summed E-state index contributed by atoms with van der Waals surface area (Å²) in [6.45, 7) is 4.57. The zero-order valence-corrected chi connectivity index (χ0v) is 11.5. The molecule has 0 saturated carbocycles. The van der Waals surface area contributed by atoms with Gasteiger partial charge in [0.05, 0.1) is 23.4 Å². The molecule has 0 aromatic carbocycles. The maximum atomic E-state index is 11.9. The first-order valence-corrected chi connectivity index (χ1v) is 6.60. The second-order valence-corrected chi connectivity index (χ2v) is 5.44. The van der Waals surface area contributed by atoms with Crippen molar-refractivity contribution in [1.82, 2.24) is 20.1 Å². The van der Waals surface area contributed by atoms with Gasteiger partial charge in [-0.25, -0.2) is 4.98 Å². The molecular formula is C12H16N4OS. The van der Waals surface area contributed by atoms with Gasteiger partial charge in [-0.1, -0.05) is 13.8 Å². The number of nitrogens with zero attached hydrogens (tertiary/aromatic N) is 3. The van der Waals surface area contributed by atoms with Crippen molar-refractivity contribution in [2.24, 2.45) is 7.05 Å². The Morgan fingerprint density at radius 1 is 1.56 bits per heavy atom. The molecule has 1 N–H and O–H groups in total. The maximum Gasteiger partial charge on any atom is 0.263 e. The Morgan fingerprint density at radius 3 is 2.89 bits per heavy atom. The molecule has 1 amide bonds. The van der Waals surface area contributed by atoms with E-state index in [2.05, 4.69) is 29.2 Å². The van der Waals surface area contributed by atoms with Crippen LogP contribution in [0.5, 0.6) is 0 Å². The van der Waals surface area contributed by atoms with Crippen LogP contribution in [-0.4, -0.2) is 20.7 Å². The molecule has 6 heteroatoms. The van der Waals surface area contributed by atoms with Gasteiger partial charge in [-0.15, -0.1) is 11.3 Å². The summed E-state index contributed by atoms with van der Waals surface area (Å²) in [6.07, 6.45) is 3.48. The van der Waals surface area contributed by atoms with Gasteiger partial charge >= 0.3 is 0 Å². The summed E-state index contributed by atoms with van der Waals surface area (Å²) in [7, 11) is 1.85. The number of hydrogen-bond acceptors (Lipinski definition) is 4. The number of nitrogens with one attached hydrogen (secondary N) is 1. The average molecular weight is 264 g/mol. The summed E-state index contributed by atoms with van der Waals surface area (Å²) in [5, 5.41) is 8.02. The molecule has 2 rings (SSSR count). The van der Waals surface area contributed by atoms with E-state index in [4.69, 9.17) is 0 Å². The summed E-state index contributed by atoms with van der Waals surface area (Å²) in [6, 6.07) is 1.88. The molecule has 2 aromatic heterocycles. The minimum absolute atomic E-state index is 0.0925. The molecule has 5 nitrogen and oxygen atoms in total. The van der Waals surface area contributed by atoms with Crippen LogP contribution in [0.25, 0.3) is 0 Å². The standard InChI is InChI=1S/C12H16N4OS/c1-8(2)12-14-7-10(18-12)11(17)13-6-9-4-5-16(3)15-9/h4-5,7-8H,6H2,1-3H3,(H,13,17). The van der Waals surface area contributed by atoms with Gasteiger partial charge in [0.15, 0.2) is 0 Å². The van der Waals surface area contributed by atoms with Crippen molar-refractivity contribution in [2.75, 3.05) is 0 Å². The molecule has 96 valence electrons. The zero-order valence-electron chi connectivity index (χ0n) is 10.7.